The molecule has 67 heavy (non-hydrogen) atoms. The van der Waals surface area contributed by atoms with Gasteiger partial charge in [-0.2, -0.15) is 32.1 Å². The van der Waals surface area contributed by atoms with Crippen molar-refractivity contribution >= 4 is 54.1 Å². The second-order valence-corrected chi connectivity index (χ2v) is 23.5. The third-order valence-corrected chi connectivity index (χ3v) is 18.1. The van der Waals surface area contributed by atoms with Crippen LogP contribution < -0.4 is 10.0 Å². The average molecular weight is 1010 g/mol. The summed E-state index contributed by atoms with van der Waals surface area (Å²) in [5, 5.41) is 8.72. The minimum Gasteiger partial charge on any atom is -0.346 e. The third kappa shape index (κ3) is 8.87. The lowest BCUT2D eigenvalue weighted by Crippen LogP contribution is -2.36. The van der Waals surface area contributed by atoms with Crippen LogP contribution in [-0.2, 0) is 62.7 Å². The van der Waals surface area contributed by atoms with Crippen molar-refractivity contribution in [3.05, 3.63) is 93.0 Å². The third-order valence-electron chi connectivity index (χ3n) is 12.9. The number of halogens is 10. The summed E-state index contributed by atoms with van der Waals surface area (Å²) in [5.41, 5.74) is -3.43. The molecule has 0 unspecified atom stereocenters. The van der Waals surface area contributed by atoms with Gasteiger partial charge in [0.1, 0.15) is 30.4 Å². The second kappa shape index (κ2) is 16.4. The maximum absolute atomic E-state index is 15.6. The summed E-state index contributed by atoms with van der Waals surface area (Å²) < 4.78 is 187. The predicted molar refractivity (Wildman–Crippen MR) is 227 cm³/mol. The van der Waals surface area contributed by atoms with E-state index in [1.807, 2.05) is 0 Å². The van der Waals surface area contributed by atoms with Crippen LogP contribution in [-0.4, -0.2) is 69.0 Å². The number of benzene rings is 2. The number of sulfonamides is 1. The average Bonchev–Trinajstić information content (AvgIpc) is 4.11. The molecule has 0 radical (unpaired) electrons. The van der Waals surface area contributed by atoms with Crippen LogP contribution in [0.3, 0.4) is 0 Å². The number of hydrogen-bond donors (Lipinski definition) is 2. The van der Waals surface area contributed by atoms with Crippen molar-refractivity contribution in [2.24, 2.45) is 5.92 Å². The fraction of sp³-hybridized carbons (Fsp3) is 0.488. The molecule has 2 N–H and O–H groups in total. The maximum atomic E-state index is 15.6. The molecule has 2 aromatic carbocycles. The molecule has 24 heteroatoms. The Kier molecular flexibility index (Phi) is 11.5. The summed E-state index contributed by atoms with van der Waals surface area (Å²) in [5.74, 6) is -9.93. The number of carbonyl (C=O) groups excluding carboxylic acids is 1. The van der Waals surface area contributed by atoms with Gasteiger partial charge in [0, 0.05) is 34.4 Å². The molecule has 3 saturated carbocycles. The van der Waals surface area contributed by atoms with Crippen molar-refractivity contribution in [3.63, 3.8) is 0 Å². The molecule has 5 aromatic rings. The zero-order valence-corrected chi connectivity index (χ0v) is 37.8. The van der Waals surface area contributed by atoms with Crippen LogP contribution >= 0.6 is 11.6 Å². The summed E-state index contributed by atoms with van der Waals surface area (Å²) in [7, 11) is -7.66. The topological polar surface area (TPSA) is 158 Å². The van der Waals surface area contributed by atoms with Gasteiger partial charge in [-0.05, 0) is 101 Å². The van der Waals surface area contributed by atoms with Gasteiger partial charge >= 0.3 is 6.18 Å². The normalized spacial score (nSPS) is 19.7. The van der Waals surface area contributed by atoms with E-state index in [0.29, 0.717) is 36.4 Å². The molecular formula is C43H41ClF9N7O5S2. The number of anilines is 1. The monoisotopic (exact) mass is 1010 g/mol. The van der Waals surface area contributed by atoms with E-state index in [9.17, 15) is 52.4 Å². The van der Waals surface area contributed by atoms with Crippen molar-refractivity contribution in [2.45, 2.75) is 124 Å². The van der Waals surface area contributed by atoms with Crippen molar-refractivity contribution in [1.29, 1.82) is 0 Å². The van der Waals surface area contributed by atoms with E-state index >= 15 is 8.78 Å². The van der Waals surface area contributed by atoms with Crippen LogP contribution in [0, 0.1) is 17.6 Å². The Morgan fingerprint density at radius 2 is 1.58 bits per heavy atom. The number of nitrogens with zero attached hydrogens (tertiary/aromatic N) is 5. The van der Waals surface area contributed by atoms with Gasteiger partial charge in [0.2, 0.25) is 15.9 Å². The van der Waals surface area contributed by atoms with E-state index in [1.54, 1.807) is 13.8 Å². The first-order valence-electron chi connectivity index (χ1n) is 21.3. The molecule has 3 atom stereocenters. The van der Waals surface area contributed by atoms with Gasteiger partial charge in [-0.25, -0.2) is 34.4 Å². The van der Waals surface area contributed by atoms with Crippen molar-refractivity contribution in [1.82, 2.24) is 29.9 Å². The summed E-state index contributed by atoms with van der Waals surface area (Å²) >= 11 is 6.65. The standard InChI is InChI=1S/C43H41ClF9N7O5S2/c1-41(2,66(62,63)24-4-5-24)12-11-23-3-8-26(27-9-10-30(44)35-37(27)59(18-32(47)48)57-40(35)58-67(64,65)25-6-7-25)36(54-23)31(15-20-13-21(45)16-22(46)14-20)55-33(61)19-60-39-34(38(56-60)43(51,52)53)28-17-29(28)42(39,49)50/h3,8-10,13-14,16,24-25,28-29,31-32H,4-7,11-12,15,17-19H2,1-2H3,(H,55,61)(H,57,58)/t28-,29+,31-/m0/s1. The molecule has 4 aliphatic carbocycles. The van der Waals surface area contributed by atoms with Crippen LogP contribution in [0.15, 0.2) is 42.5 Å². The highest BCUT2D eigenvalue weighted by Crippen LogP contribution is 2.68. The van der Waals surface area contributed by atoms with Gasteiger partial charge in [-0.3, -0.25) is 23.9 Å². The van der Waals surface area contributed by atoms with E-state index in [2.05, 4.69) is 20.2 Å². The highest BCUT2D eigenvalue weighted by Gasteiger charge is 2.68. The Labute approximate surface area is 382 Å². The number of amides is 1. The minimum atomic E-state index is -5.15. The number of sulfone groups is 1. The molecule has 9 rings (SSSR count). The number of fused-ring (bicyclic) bond motifs is 4. The molecule has 3 aromatic heterocycles. The van der Waals surface area contributed by atoms with Crippen LogP contribution in [0.25, 0.3) is 22.0 Å². The minimum absolute atomic E-state index is 0.00894. The van der Waals surface area contributed by atoms with Crippen molar-refractivity contribution < 1.29 is 61.1 Å². The zero-order chi connectivity index (χ0) is 48.3. The Balaban J connectivity index is 1.19. The number of alkyl halides is 7. The zero-order valence-electron chi connectivity index (χ0n) is 35.5. The molecule has 0 bridgehead atoms. The quantitative estimate of drug-likeness (QED) is 0.0875. The number of aryl methyl sites for hydroxylation is 1. The summed E-state index contributed by atoms with van der Waals surface area (Å²) in [4.78, 5) is 19.0. The van der Waals surface area contributed by atoms with E-state index in [4.69, 9.17) is 16.6 Å². The Hall–Kier alpha value is -4.90. The number of nitrogens with one attached hydrogen (secondary N) is 2. The molecular weight excluding hydrogens is 965 g/mol. The van der Waals surface area contributed by atoms with Gasteiger partial charge in [0.25, 0.3) is 12.3 Å². The smallest absolute Gasteiger partial charge is 0.346 e. The Morgan fingerprint density at radius 1 is 0.925 bits per heavy atom. The first-order chi connectivity index (χ1) is 31.3. The lowest BCUT2D eigenvalue weighted by Gasteiger charge is -2.26. The van der Waals surface area contributed by atoms with E-state index in [-0.39, 0.29) is 69.1 Å². The van der Waals surface area contributed by atoms with Crippen LogP contribution in [0.2, 0.25) is 5.02 Å². The summed E-state index contributed by atoms with van der Waals surface area (Å²) in [6, 6.07) is 6.52. The molecule has 0 aliphatic heterocycles. The fourth-order valence-corrected chi connectivity index (χ4v) is 12.8. The van der Waals surface area contributed by atoms with Gasteiger partial charge in [0.15, 0.2) is 21.3 Å². The lowest BCUT2D eigenvalue weighted by atomic mass is 9.93. The Morgan fingerprint density at radius 3 is 2.21 bits per heavy atom. The molecule has 360 valence electrons. The van der Waals surface area contributed by atoms with Crippen LogP contribution in [0.5, 0.6) is 0 Å². The summed E-state index contributed by atoms with van der Waals surface area (Å²) in [6.07, 6.45) is -7.21. The van der Waals surface area contributed by atoms with Crippen molar-refractivity contribution in [2.75, 3.05) is 4.72 Å². The highest BCUT2D eigenvalue weighted by molar-refractivity contribution is 7.93. The van der Waals surface area contributed by atoms with Crippen LogP contribution in [0.1, 0.15) is 98.2 Å². The highest BCUT2D eigenvalue weighted by atomic mass is 35.5. The fourth-order valence-electron chi connectivity index (χ4n) is 9.13. The van der Waals surface area contributed by atoms with E-state index in [1.165, 1.54) is 24.3 Å². The van der Waals surface area contributed by atoms with Gasteiger partial charge in [-0.1, -0.05) is 23.7 Å². The van der Waals surface area contributed by atoms with Gasteiger partial charge < -0.3 is 5.32 Å². The molecule has 3 fully saturated rings. The molecule has 4 aliphatic rings. The molecule has 0 spiro atoms. The molecule has 0 saturated heterocycles. The largest absolute Gasteiger partial charge is 0.435 e. The SMILES string of the molecule is CC(C)(CCc1ccc(-c2ccc(Cl)c3c(NS(=O)(=O)C4CC4)nn(CC(F)F)c23)c([C@H](Cc2cc(F)cc(F)c2)NC(=O)Cn2nc(C(F)(F)F)c3c2C(F)(F)[C@@H]2C[C@H]32)n1)S(=O)(=O)C1CC1. The predicted octanol–water partition coefficient (Wildman–Crippen LogP) is 9.01. The van der Waals surface area contributed by atoms with E-state index < -0.39 is 126 Å². The number of rotatable bonds is 17. The lowest BCUT2D eigenvalue weighted by molar-refractivity contribution is -0.142. The number of aromatic nitrogens is 5. The Bertz CT molecular complexity index is 3040. The maximum Gasteiger partial charge on any atom is 0.435 e. The summed E-state index contributed by atoms with van der Waals surface area (Å²) in [6.45, 7) is 0.860. The molecule has 12 nitrogen and oxygen atoms in total. The number of pyridine rings is 1. The first kappa shape index (κ1) is 47.2. The van der Waals surface area contributed by atoms with Crippen molar-refractivity contribution in [3.8, 4) is 11.1 Å². The van der Waals surface area contributed by atoms with Gasteiger partial charge in [0.05, 0.1) is 42.9 Å². The van der Waals surface area contributed by atoms with Crippen LogP contribution in [0.4, 0.5) is 45.3 Å². The number of carbonyl (C=O) groups is 1. The van der Waals surface area contributed by atoms with Gasteiger partial charge in [-0.15, -0.1) is 0 Å². The van der Waals surface area contributed by atoms with E-state index in [0.717, 1.165) is 16.8 Å². The first-order valence-corrected chi connectivity index (χ1v) is 24.8. The second-order valence-electron chi connectivity index (χ2n) is 18.3. The molecule has 3 heterocycles. The molecule has 1 amide bonds. The number of hydrogen-bond acceptors (Lipinski definition) is 8.